The molecule has 1 unspecified atom stereocenters. The summed E-state index contributed by atoms with van der Waals surface area (Å²) in [5.41, 5.74) is 4.29. The predicted octanol–water partition coefficient (Wildman–Crippen LogP) is 3.13. The van der Waals surface area contributed by atoms with Crippen molar-refractivity contribution < 1.29 is 0 Å². The Kier molecular flexibility index (Phi) is 5.39. The highest BCUT2D eigenvalue weighted by atomic mass is 32.2. The summed E-state index contributed by atoms with van der Waals surface area (Å²) >= 11 is 1.93. The minimum absolute atomic E-state index is 0.743. The van der Waals surface area contributed by atoms with Crippen LogP contribution in [0.2, 0.25) is 0 Å². The quantitative estimate of drug-likeness (QED) is 0.825. The molecule has 0 bridgehead atoms. The van der Waals surface area contributed by atoms with Gasteiger partial charge in [-0.3, -0.25) is 0 Å². The van der Waals surface area contributed by atoms with Gasteiger partial charge in [0.05, 0.1) is 0 Å². The van der Waals surface area contributed by atoms with Gasteiger partial charge in [-0.15, -0.1) is 0 Å². The number of hydrogen-bond acceptors (Lipinski definition) is 3. The van der Waals surface area contributed by atoms with E-state index in [1.54, 1.807) is 0 Å². The molecule has 1 aliphatic heterocycles. The maximum Gasteiger partial charge on any atom is 0.0418 e. The van der Waals surface area contributed by atoms with Gasteiger partial charge in [0, 0.05) is 18.8 Å². The Morgan fingerprint density at radius 2 is 2.33 bits per heavy atom. The lowest BCUT2D eigenvalue weighted by atomic mass is 9.99. The van der Waals surface area contributed by atoms with E-state index in [2.05, 4.69) is 42.0 Å². The fraction of sp³-hybridized carbons (Fsp3) is 0.600. The number of para-hydroxylation sites is 1. The Labute approximate surface area is 115 Å². The zero-order chi connectivity index (χ0) is 12.8. The van der Waals surface area contributed by atoms with Crippen molar-refractivity contribution >= 4 is 17.4 Å². The average Bonchev–Trinajstić information content (AvgIpc) is 2.39. The van der Waals surface area contributed by atoms with Crippen molar-refractivity contribution in [2.45, 2.75) is 26.3 Å². The molecule has 100 valence electrons. The zero-order valence-electron chi connectivity index (χ0n) is 11.5. The summed E-state index contributed by atoms with van der Waals surface area (Å²) in [4.78, 5) is 0. The van der Waals surface area contributed by atoms with Crippen LogP contribution in [0.5, 0.6) is 0 Å². The van der Waals surface area contributed by atoms with Crippen LogP contribution in [0.15, 0.2) is 18.2 Å². The van der Waals surface area contributed by atoms with E-state index in [1.165, 1.54) is 35.4 Å². The molecular weight excluding hydrogens is 240 g/mol. The van der Waals surface area contributed by atoms with Crippen LogP contribution in [0.25, 0.3) is 0 Å². The molecule has 0 aliphatic carbocycles. The SMILES string of the molecule is CSCC(C)CNCc1cccc2c1NCCC2. The van der Waals surface area contributed by atoms with Gasteiger partial charge in [-0.25, -0.2) is 0 Å². The summed E-state index contributed by atoms with van der Waals surface area (Å²) in [7, 11) is 0. The first-order valence-electron chi connectivity index (χ1n) is 6.85. The van der Waals surface area contributed by atoms with Gasteiger partial charge in [0.15, 0.2) is 0 Å². The van der Waals surface area contributed by atoms with Crippen molar-refractivity contribution in [2.24, 2.45) is 5.92 Å². The largest absolute Gasteiger partial charge is 0.385 e. The van der Waals surface area contributed by atoms with Crippen molar-refractivity contribution in [1.29, 1.82) is 0 Å². The van der Waals surface area contributed by atoms with Gasteiger partial charge in [-0.2, -0.15) is 11.8 Å². The van der Waals surface area contributed by atoms with E-state index in [4.69, 9.17) is 0 Å². The van der Waals surface area contributed by atoms with Gasteiger partial charge in [0.1, 0.15) is 0 Å². The molecule has 0 radical (unpaired) electrons. The fourth-order valence-corrected chi connectivity index (χ4v) is 3.21. The number of benzene rings is 1. The second kappa shape index (κ2) is 7.05. The Morgan fingerprint density at radius 3 is 3.17 bits per heavy atom. The molecule has 1 aromatic carbocycles. The minimum Gasteiger partial charge on any atom is -0.385 e. The summed E-state index contributed by atoms with van der Waals surface area (Å²) in [5, 5.41) is 7.13. The number of rotatable bonds is 6. The molecule has 0 aromatic heterocycles. The van der Waals surface area contributed by atoms with Crippen LogP contribution in [-0.2, 0) is 13.0 Å². The molecule has 0 amide bonds. The second-order valence-electron chi connectivity index (χ2n) is 5.17. The summed E-state index contributed by atoms with van der Waals surface area (Å²) in [6.45, 7) is 5.51. The Balaban J connectivity index is 1.89. The maximum atomic E-state index is 3.58. The topological polar surface area (TPSA) is 24.1 Å². The Morgan fingerprint density at radius 1 is 1.44 bits per heavy atom. The molecule has 2 rings (SSSR count). The molecule has 0 saturated carbocycles. The van der Waals surface area contributed by atoms with E-state index in [0.29, 0.717) is 0 Å². The van der Waals surface area contributed by atoms with Crippen molar-refractivity contribution in [1.82, 2.24) is 5.32 Å². The predicted molar refractivity (Wildman–Crippen MR) is 82.5 cm³/mol. The minimum atomic E-state index is 0.743. The van der Waals surface area contributed by atoms with Crippen molar-refractivity contribution in [2.75, 3.05) is 30.4 Å². The lowest BCUT2D eigenvalue weighted by molar-refractivity contribution is 0.559. The van der Waals surface area contributed by atoms with Gasteiger partial charge in [-0.05, 0) is 48.4 Å². The first kappa shape index (κ1) is 13.8. The number of anilines is 1. The third-order valence-corrected chi connectivity index (χ3v) is 4.32. The summed E-state index contributed by atoms with van der Waals surface area (Å²) < 4.78 is 0. The highest BCUT2D eigenvalue weighted by Gasteiger charge is 2.11. The van der Waals surface area contributed by atoms with Gasteiger partial charge in [0.2, 0.25) is 0 Å². The summed E-state index contributed by atoms with van der Waals surface area (Å²) in [5.74, 6) is 1.98. The van der Waals surface area contributed by atoms with Gasteiger partial charge in [-0.1, -0.05) is 25.1 Å². The van der Waals surface area contributed by atoms with E-state index in [-0.39, 0.29) is 0 Å². The first-order chi connectivity index (χ1) is 8.81. The Hall–Kier alpha value is -0.670. The number of fused-ring (bicyclic) bond motifs is 1. The summed E-state index contributed by atoms with van der Waals surface area (Å²) in [6, 6.07) is 6.68. The molecule has 0 saturated heterocycles. The van der Waals surface area contributed by atoms with E-state index < -0.39 is 0 Å². The maximum absolute atomic E-state index is 3.58. The monoisotopic (exact) mass is 264 g/mol. The van der Waals surface area contributed by atoms with Crippen LogP contribution in [0.4, 0.5) is 5.69 Å². The van der Waals surface area contributed by atoms with Gasteiger partial charge in [0.25, 0.3) is 0 Å². The summed E-state index contributed by atoms with van der Waals surface area (Å²) in [6.07, 6.45) is 4.65. The number of thioether (sulfide) groups is 1. The van der Waals surface area contributed by atoms with Crippen molar-refractivity contribution in [3.8, 4) is 0 Å². The highest BCUT2D eigenvalue weighted by Crippen LogP contribution is 2.25. The molecule has 18 heavy (non-hydrogen) atoms. The highest BCUT2D eigenvalue weighted by molar-refractivity contribution is 7.98. The van der Waals surface area contributed by atoms with E-state index in [0.717, 1.165) is 25.6 Å². The lowest BCUT2D eigenvalue weighted by Gasteiger charge is -2.21. The van der Waals surface area contributed by atoms with Crippen LogP contribution in [0.1, 0.15) is 24.5 Å². The number of aryl methyl sites for hydroxylation is 1. The molecule has 1 heterocycles. The number of hydrogen-bond donors (Lipinski definition) is 2. The smallest absolute Gasteiger partial charge is 0.0418 e. The third-order valence-electron chi connectivity index (χ3n) is 3.42. The molecular formula is C15H24N2S. The fourth-order valence-electron chi connectivity index (χ4n) is 2.52. The second-order valence-corrected chi connectivity index (χ2v) is 6.08. The molecule has 2 nitrogen and oxygen atoms in total. The van der Waals surface area contributed by atoms with Gasteiger partial charge < -0.3 is 10.6 Å². The number of nitrogens with one attached hydrogen (secondary N) is 2. The van der Waals surface area contributed by atoms with Crippen LogP contribution in [0, 0.1) is 5.92 Å². The normalized spacial score (nSPS) is 15.9. The first-order valence-corrected chi connectivity index (χ1v) is 8.25. The van der Waals surface area contributed by atoms with Crippen LogP contribution in [0.3, 0.4) is 0 Å². The van der Waals surface area contributed by atoms with E-state index in [9.17, 15) is 0 Å². The average molecular weight is 264 g/mol. The van der Waals surface area contributed by atoms with E-state index in [1.807, 2.05) is 11.8 Å². The van der Waals surface area contributed by atoms with Crippen molar-refractivity contribution in [3.63, 3.8) is 0 Å². The van der Waals surface area contributed by atoms with Crippen LogP contribution >= 0.6 is 11.8 Å². The van der Waals surface area contributed by atoms with Gasteiger partial charge >= 0.3 is 0 Å². The van der Waals surface area contributed by atoms with E-state index >= 15 is 0 Å². The van der Waals surface area contributed by atoms with Crippen molar-refractivity contribution in [3.05, 3.63) is 29.3 Å². The molecule has 0 spiro atoms. The third kappa shape index (κ3) is 3.66. The molecule has 2 N–H and O–H groups in total. The molecule has 0 fully saturated rings. The zero-order valence-corrected chi connectivity index (χ0v) is 12.3. The lowest BCUT2D eigenvalue weighted by Crippen LogP contribution is -2.23. The van der Waals surface area contributed by atoms with Crippen LogP contribution in [-0.4, -0.2) is 25.1 Å². The molecule has 1 aromatic rings. The standard InChI is InChI=1S/C15H24N2S/c1-12(11-18-2)9-16-10-14-6-3-5-13-7-4-8-17-15(13)14/h3,5-6,12,16-17H,4,7-11H2,1-2H3. The van der Waals surface area contributed by atoms with Crippen LogP contribution < -0.4 is 10.6 Å². The Bertz CT molecular complexity index is 379. The molecule has 3 heteroatoms. The molecule has 1 atom stereocenters. The molecule has 1 aliphatic rings.